The highest BCUT2D eigenvalue weighted by atomic mass is 32.2. The van der Waals surface area contributed by atoms with Gasteiger partial charge in [0, 0.05) is 16.2 Å². The van der Waals surface area contributed by atoms with E-state index in [1.807, 2.05) is 19.1 Å². The lowest BCUT2D eigenvalue weighted by atomic mass is 10.1. The van der Waals surface area contributed by atoms with Crippen LogP contribution in [0.1, 0.15) is 34.7 Å². The molecule has 38 heavy (non-hydrogen) atoms. The lowest BCUT2D eigenvalue weighted by Crippen LogP contribution is -2.12. The van der Waals surface area contributed by atoms with Gasteiger partial charge in [0.25, 0.3) is 0 Å². The number of aryl methyl sites for hydroxylation is 1. The summed E-state index contributed by atoms with van der Waals surface area (Å²) in [7, 11) is 0. The Labute approximate surface area is 223 Å². The Morgan fingerprint density at radius 3 is 2.58 bits per heavy atom. The Morgan fingerprint density at radius 1 is 1.11 bits per heavy atom. The van der Waals surface area contributed by atoms with Gasteiger partial charge >= 0.3 is 0 Å². The van der Waals surface area contributed by atoms with E-state index >= 15 is 0 Å². The van der Waals surface area contributed by atoms with Crippen LogP contribution in [0.15, 0.2) is 71.9 Å². The minimum absolute atomic E-state index is 0.163. The van der Waals surface area contributed by atoms with E-state index in [4.69, 9.17) is 9.47 Å². The summed E-state index contributed by atoms with van der Waals surface area (Å²) in [6, 6.07) is 20.3. The maximum absolute atomic E-state index is 13.5. The molecule has 0 N–H and O–H groups in total. The zero-order chi connectivity index (χ0) is 27.1. The van der Waals surface area contributed by atoms with Crippen molar-refractivity contribution in [3.63, 3.8) is 0 Å². The summed E-state index contributed by atoms with van der Waals surface area (Å²) in [5, 5.41) is 29.1. The van der Waals surface area contributed by atoms with E-state index < -0.39 is 5.25 Å². The summed E-state index contributed by atoms with van der Waals surface area (Å²) in [5.74, 6) is 1.08. The van der Waals surface area contributed by atoms with Crippen LogP contribution in [0.2, 0.25) is 0 Å². The van der Waals surface area contributed by atoms with Crippen LogP contribution in [0.4, 0.5) is 4.39 Å². The van der Waals surface area contributed by atoms with Crippen LogP contribution in [0, 0.1) is 34.2 Å². The molecule has 0 radical (unpaired) electrons. The topological polar surface area (TPSA) is 116 Å². The molecule has 4 aromatic rings. The van der Waals surface area contributed by atoms with E-state index in [-0.39, 0.29) is 23.9 Å². The SMILES string of the molecule is CCOc1cc([C@@H](C[N+](=O)[O-])Sc2nnc(C)n2-c2ccc(F)cc2)ccc1OCc1ccccc1C#N. The van der Waals surface area contributed by atoms with Gasteiger partial charge in [0.1, 0.15) is 23.5 Å². The van der Waals surface area contributed by atoms with Crippen LogP contribution in [0.5, 0.6) is 11.5 Å². The van der Waals surface area contributed by atoms with E-state index in [2.05, 4.69) is 16.3 Å². The molecule has 0 fully saturated rings. The highest BCUT2D eigenvalue weighted by Crippen LogP contribution is 2.39. The lowest BCUT2D eigenvalue weighted by molar-refractivity contribution is -0.479. The monoisotopic (exact) mass is 533 g/mol. The van der Waals surface area contributed by atoms with Crippen molar-refractivity contribution in [3.05, 3.63) is 105 Å². The molecule has 0 aliphatic heterocycles. The number of nitrogens with zero attached hydrogens (tertiary/aromatic N) is 5. The molecule has 1 aromatic heterocycles. The van der Waals surface area contributed by atoms with Crippen LogP contribution in [-0.4, -0.2) is 32.8 Å². The van der Waals surface area contributed by atoms with Gasteiger partial charge in [-0.15, -0.1) is 10.2 Å². The van der Waals surface area contributed by atoms with Crippen molar-refractivity contribution in [1.29, 1.82) is 5.26 Å². The van der Waals surface area contributed by atoms with E-state index in [9.17, 15) is 19.8 Å². The number of hydrogen-bond donors (Lipinski definition) is 0. The third-order valence-corrected chi connectivity index (χ3v) is 6.78. The third-order valence-electron chi connectivity index (χ3n) is 5.60. The number of hydrogen-bond acceptors (Lipinski definition) is 8. The molecule has 0 bridgehead atoms. The van der Waals surface area contributed by atoms with Gasteiger partial charge in [-0.2, -0.15) is 5.26 Å². The highest BCUT2D eigenvalue weighted by molar-refractivity contribution is 7.99. The number of aromatic nitrogens is 3. The largest absolute Gasteiger partial charge is 0.490 e. The second-order valence-corrected chi connectivity index (χ2v) is 9.33. The minimum atomic E-state index is -0.625. The number of benzene rings is 3. The van der Waals surface area contributed by atoms with Crippen molar-refractivity contribution in [2.24, 2.45) is 0 Å². The third kappa shape index (κ3) is 6.27. The zero-order valence-corrected chi connectivity index (χ0v) is 21.5. The summed E-state index contributed by atoms with van der Waals surface area (Å²) in [6.45, 7) is 3.74. The molecule has 3 aromatic carbocycles. The van der Waals surface area contributed by atoms with Gasteiger partial charge in [-0.3, -0.25) is 14.7 Å². The van der Waals surface area contributed by atoms with Crippen molar-refractivity contribution < 1.29 is 18.8 Å². The summed E-state index contributed by atoms with van der Waals surface area (Å²) >= 11 is 1.19. The maximum Gasteiger partial charge on any atom is 0.220 e. The average molecular weight is 534 g/mol. The molecule has 9 nitrogen and oxygen atoms in total. The Kier molecular flexibility index (Phi) is 8.55. The van der Waals surface area contributed by atoms with Crippen LogP contribution in [0.25, 0.3) is 5.69 Å². The molecule has 0 saturated heterocycles. The van der Waals surface area contributed by atoms with Crippen LogP contribution in [-0.2, 0) is 6.61 Å². The second-order valence-electron chi connectivity index (χ2n) is 8.16. The number of nitro groups is 1. The molecule has 0 saturated carbocycles. The predicted octanol–water partition coefficient (Wildman–Crippen LogP) is 5.67. The highest BCUT2D eigenvalue weighted by Gasteiger charge is 2.25. The van der Waals surface area contributed by atoms with Crippen molar-refractivity contribution >= 4 is 11.8 Å². The fourth-order valence-corrected chi connectivity index (χ4v) is 4.97. The summed E-state index contributed by atoms with van der Waals surface area (Å²) in [6.07, 6.45) is 0. The molecular formula is C27H24FN5O4S. The number of thioether (sulfide) groups is 1. The zero-order valence-electron chi connectivity index (χ0n) is 20.7. The van der Waals surface area contributed by atoms with E-state index in [0.29, 0.717) is 45.9 Å². The second kappa shape index (κ2) is 12.2. The van der Waals surface area contributed by atoms with Crippen molar-refractivity contribution in [1.82, 2.24) is 14.8 Å². The molecule has 1 heterocycles. The van der Waals surface area contributed by atoms with Crippen molar-refractivity contribution in [2.45, 2.75) is 30.9 Å². The molecule has 1 atom stereocenters. The van der Waals surface area contributed by atoms with Crippen molar-refractivity contribution in [3.8, 4) is 23.3 Å². The number of rotatable bonds is 11. The van der Waals surface area contributed by atoms with Gasteiger partial charge < -0.3 is 9.47 Å². The molecule has 0 unspecified atom stereocenters. The number of halogens is 1. The van der Waals surface area contributed by atoms with E-state index in [1.54, 1.807) is 54.0 Å². The van der Waals surface area contributed by atoms with Crippen LogP contribution in [0.3, 0.4) is 0 Å². The first kappa shape index (κ1) is 26.6. The minimum Gasteiger partial charge on any atom is -0.490 e. The smallest absolute Gasteiger partial charge is 0.220 e. The van der Waals surface area contributed by atoms with Crippen LogP contribution >= 0.6 is 11.8 Å². The van der Waals surface area contributed by atoms with Gasteiger partial charge in [0.2, 0.25) is 6.54 Å². The van der Waals surface area contributed by atoms with Gasteiger partial charge in [0.15, 0.2) is 16.7 Å². The lowest BCUT2D eigenvalue weighted by Gasteiger charge is -2.17. The van der Waals surface area contributed by atoms with Crippen molar-refractivity contribution in [2.75, 3.05) is 13.2 Å². The molecular weight excluding hydrogens is 509 g/mol. The molecule has 194 valence electrons. The first-order valence-corrected chi connectivity index (χ1v) is 12.6. The molecule has 0 aliphatic rings. The first-order valence-electron chi connectivity index (χ1n) is 11.7. The molecule has 0 amide bonds. The van der Waals surface area contributed by atoms with E-state index in [0.717, 1.165) is 5.56 Å². The van der Waals surface area contributed by atoms with Gasteiger partial charge in [-0.25, -0.2) is 4.39 Å². The summed E-state index contributed by atoms with van der Waals surface area (Å²) < 4.78 is 27.0. The van der Waals surface area contributed by atoms with Crippen LogP contribution < -0.4 is 9.47 Å². The first-order chi connectivity index (χ1) is 18.4. The maximum atomic E-state index is 13.5. The quantitative estimate of drug-likeness (QED) is 0.137. The predicted molar refractivity (Wildman–Crippen MR) is 140 cm³/mol. The molecule has 4 rings (SSSR count). The molecule has 11 heteroatoms. The normalized spacial score (nSPS) is 11.5. The summed E-state index contributed by atoms with van der Waals surface area (Å²) in [5.41, 5.74) is 2.54. The average Bonchev–Trinajstić information content (AvgIpc) is 3.27. The Hall–Kier alpha value is -4.43. The Bertz CT molecular complexity index is 1470. The summed E-state index contributed by atoms with van der Waals surface area (Å²) in [4.78, 5) is 11.2. The Morgan fingerprint density at radius 2 is 1.87 bits per heavy atom. The standard InChI is InChI=1S/C27H24FN5O4S/c1-3-36-25-14-19(8-13-24(25)37-17-21-7-5-4-6-20(21)15-29)26(16-32(34)35)38-27-31-30-18(2)33(27)23-11-9-22(28)10-12-23/h4-14,26H,3,16-17H2,1-2H3/t26-/m1/s1. The Balaban J connectivity index is 1.63. The fraction of sp³-hybridized carbons (Fsp3) is 0.222. The van der Waals surface area contributed by atoms with Gasteiger partial charge in [-0.1, -0.05) is 36.0 Å². The number of nitriles is 1. The van der Waals surface area contributed by atoms with E-state index in [1.165, 1.54) is 23.9 Å². The fourth-order valence-electron chi connectivity index (χ4n) is 3.80. The molecule has 0 spiro atoms. The molecule has 0 aliphatic carbocycles. The number of ether oxygens (including phenoxy) is 2. The van der Waals surface area contributed by atoms with Gasteiger partial charge in [-0.05, 0) is 61.9 Å². The van der Waals surface area contributed by atoms with Gasteiger partial charge in [0.05, 0.1) is 18.2 Å².